The summed E-state index contributed by atoms with van der Waals surface area (Å²) >= 11 is 3.59. The average molecular weight is 342 g/mol. The fourth-order valence-corrected chi connectivity index (χ4v) is 3.18. The molecule has 1 unspecified atom stereocenters. The van der Waals surface area contributed by atoms with Crippen LogP contribution in [0.5, 0.6) is 5.75 Å². The Bertz CT molecular complexity index is 780. The van der Waals surface area contributed by atoms with E-state index in [1.165, 1.54) is 10.8 Å². The number of ether oxygens (including phenoxy) is 1. The van der Waals surface area contributed by atoms with Gasteiger partial charge in [0.15, 0.2) is 0 Å². The maximum atomic E-state index is 6.50. The van der Waals surface area contributed by atoms with Crippen molar-refractivity contribution >= 4 is 26.7 Å². The van der Waals surface area contributed by atoms with E-state index in [1.807, 2.05) is 30.3 Å². The van der Waals surface area contributed by atoms with Gasteiger partial charge in [-0.25, -0.2) is 0 Å². The summed E-state index contributed by atoms with van der Waals surface area (Å²) < 4.78 is 6.20. The van der Waals surface area contributed by atoms with Crippen LogP contribution in [0.2, 0.25) is 0 Å². The van der Waals surface area contributed by atoms with E-state index in [1.54, 1.807) is 7.11 Å². The molecule has 3 aromatic carbocycles. The van der Waals surface area contributed by atoms with Crippen molar-refractivity contribution in [3.63, 3.8) is 0 Å². The molecule has 0 saturated carbocycles. The molecule has 0 spiro atoms. The molecule has 21 heavy (non-hydrogen) atoms. The van der Waals surface area contributed by atoms with E-state index in [0.717, 1.165) is 21.3 Å². The predicted molar refractivity (Wildman–Crippen MR) is 90.7 cm³/mol. The first-order valence-corrected chi connectivity index (χ1v) is 7.56. The van der Waals surface area contributed by atoms with Gasteiger partial charge in [0.1, 0.15) is 5.75 Å². The van der Waals surface area contributed by atoms with Crippen LogP contribution in [0.4, 0.5) is 0 Å². The van der Waals surface area contributed by atoms with Crippen molar-refractivity contribution < 1.29 is 4.74 Å². The lowest BCUT2D eigenvalue weighted by Gasteiger charge is -2.17. The van der Waals surface area contributed by atoms with E-state index in [4.69, 9.17) is 10.5 Å². The Morgan fingerprint density at radius 2 is 1.71 bits per heavy atom. The second-order valence-electron chi connectivity index (χ2n) is 4.93. The summed E-state index contributed by atoms with van der Waals surface area (Å²) in [5, 5.41) is 2.39. The first-order chi connectivity index (χ1) is 10.2. The van der Waals surface area contributed by atoms with Crippen molar-refractivity contribution in [1.82, 2.24) is 0 Å². The number of rotatable bonds is 3. The first kappa shape index (κ1) is 14.1. The molecule has 0 fully saturated rings. The number of nitrogens with two attached hydrogens (primary N) is 1. The number of methoxy groups -OCH3 is 1. The topological polar surface area (TPSA) is 35.2 Å². The van der Waals surface area contributed by atoms with Crippen LogP contribution in [0.25, 0.3) is 10.8 Å². The molecule has 106 valence electrons. The molecule has 2 nitrogen and oxygen atoms in total. The fraction of sp³-hybridized carbons (Fsp3) is 0.111. The zero-order valence-corrected chi connectivity index (χ0v) is 13.3. The maximum absolute atomic E-state index is 6.50. The van der Waals surface area contributed by atoms with Crippen LogP contribution in [-0.4, -0.2) is 7.11 Å². The summed E-state index contributed by atoms with van der Waals surface area (Å²) in [6.45, 7) is 0. The van der Waals surface area contributed by atoms with Crippen molar-refractivity contribution in [2.45, 2.75) is 6.04 Å². The minimum absolute atomic E-state index is 0.184. The quantitative estimate of drug-likeness (QED) is 0.751. The normalized spacial score (nSPS) is 12.3. The second kappa shape index (κ2) is 5.88. The minimum Gasteiger partial charge on any atom is -0.497 e. The smallest absolute Gasteiger partial charge is 0.120 e. The van der Waals surface area contributed by atoms with Crippen molar-refractivity contribution in [2.75, 3.05) is 7.11 Å². The zero-order chi connectivity index (χ0) is 14.8. The Hall–Kier alpha value is -1.84. The fourth-order valence-electron chi connectivity index (χ4n) is 2.58. The molecule has 0 saturated heterocycles. The van der Waals surface area contributed by atoms with E-state index < -0.39 is 0 Å². The molecular formula is C18H16BrNO. The highest BCUT2D eigenvalue weighted by Crippen LogP contribution is 2.33. The van der Waals surface area contributed by atoms with Crippen LogP contribution in [0.1, 0.15) is 17.2 Å². The maximum Gasteiger partial charge on any atom is 0.120 e. The zero-order valence-electron chi connectivity index (χ0n) is 11.7. The molecule has 2 N–H and O–H groups in total. The number of fused-ring (bicyclic) bond motifs is 1. The Labute approximate surface area is 132 Å². The molecule has 0 bridgehead atoms. The largest absolute Gasteiger partial charge is 0.497 e. The van der Waals surface area contributed by atoms with Gasteiger partial charge in [0.25, 0.3) is 0 Å². The number of halogens is 1. The van der Waals surface area contributed by atoms with Crippen LogP contribution in [-0.2, 0) is 0 Å². The third-order valence-electron chi connectivity index (χ3n) is 3.70. The molecule has 3 rings (SSSR count). The Morgan fingerprint density at radius 1 is 0.952 bits per heavy atom. The molecule has 3 aromatic rings. The summed E-state index contributed by atoms with van der Waals surface area (Å²) in [7, 11) is 1.66. The third-order valence-corrected chi connectivity index (χ3v) is 4.39. The molecule has 0 aliphatic rings. The van der Waals surface area contributed by atoms with Crippen LogP contribution in [0, 0.1) is 0 Å². The second-order valence-corrected chi connectivity index (χ2v) is 5.79. The van der Waals surface area contributed by atoms with Gasteiger partial charge >= 0.3 is 0 Å². The number of benzene rings is 3. The van der Waals surface area contributed by atoms with E-state index >= 15 is 0 Å². The summed E-state index contributed by atoms with van der Waals surface area (Å²) in [6, 6.07) is 20.3. The van der Waals surface area contributed by atoms with Crippen LogP contribution < -0.4 is 10.5 Å². The Balaban J connectivity index is 2.10. The minimum atomic E-state index is -0.184. The van der Waals surface area contributed by atoms with Gasteiger partial charge in [-0.2, -0.15) is 0 Å². The summed E-state index contributed by atoms with van der Waals surface area (Å²) in [4.78, 5) is 0. The van der Waals surface area contributed by atoms with E-state index in [0.29, 0.717) is 0 Å². The van der Waals surface area contributed by atoms with Gasteiger partial charge in [-0.15, -0.1) is 0 Å². The van der Waals surface area contributed by atoms with E-state index in [-0.39, 0.29) is 6.04 Å². The Kier molecular flexibility index (Phi) is 3.95. The van der Waals surface area contributed by atoms with Gasteiger partial charge in [-0.1, -0.05) is 64.5 Å². The molecule has 0 heterocycles. The number of hydrogen-bond acceptors (Lipinski definition) is 2. The Morgan fingerprint density at radius 3 is 2.48 bits per heavy atom. The molecule has 0 radical (unpaired) electrons. The van der Waals surface area contributed by atoms with Crippen molar-refractivity contribution in [3.05, 3.63) is 76.3 Å². The highest BCUT2D eigenvalue weighted by Gasteiger charge is 2.15. The van der Waals surface area contributed by atoms with Gasteiger partial charge in [0, 0.05) is 4.47 Å². The van der Waals surface area contributed by atoms with Crippen molar-refractivity contribution in [2.24, 2.45) is 5.73 Å². The molecule has 3 heteroatoms. The van der Waals surface area contributed by atoms with Crippen LogP contribution >= 0.6 is 15.9 Å². The summed E-state index contributed by atoms with van der Waals surface area (Å²) in [5.74, 6) is 0.816. The van der Waals surface area contributed by atoms with Gasteiger partial charge in [0.05, 0.1) is 13.2 Å². The third kappa shape index (κ3) is 2.67. The molecule has 0 aliphatic heterocycles. The molecule has 0 amide bonds. The average Bonchev–Trinajstić information content (AvgIpc) is 2.53. The molecular weight excluding hydrogens is 326 g/mol. The van der Waals surface area contributed by atoms with E-state index in [2.05, 4.69) is 46.3 Å². The van der Waals surface area contributed by atoms with Crippen LogP contribution in [0.15, 0.2) is 65.1 Å². The summed E-state index contributed by atoms with van der Waals surface area (Å²) in [6.07, 6.45) is 0. The van der Waals surface area contributed by atoms with Gasteiger partial charge in [-0.05, 0) is 34.0 Å². The predicted octanol–water partition coefficient (Wildman–Crippen LogP) is 4.66. The highest BCUT2D eigenvalue weighted by molar-refractivity contribution is 9.10. The van der Waals surface area contributed by atoms with Crippen molar-refractivity contribution in [3.8, 4) is 5.75 Å². The summed E-state index contributed by atoms with van der Waals surface area (Å²) in [5.41, 5.74) is 8.68. The lowest BCUT2D eigenvalue weighted by atomic mass is 9.94. The molecule has 0 aliphatic carbocycles. The lowest BCUT2D eigenvalue weighted by Crippen LogP contribution is -2.13. The van der Waals surface area contributed by atoms with Crippen molar-refractivity contribution in [1.29, 1.82) is 0 Å². The standard InChI is InChI=1S/C18H16BrNO/c1-21-13-9-10-16(17(19)11-13)18(20)15-8-4-6-12-5-2-3-7-14(12)15/h2-11,18H,20H2,1H3. The molecule has 0 aromatic heterocycles. The van der Waals surface area contributed by atoms with E-state index in [9.17, 15) is 0 Å². The van der Waals surface area contributed by atoms with Gasteiger partial charge in [-0.3, -0.25) is 0 Å². The number of hydrogen-bond donors (Lipinski definition) is 1. The lowest BCUT2D eigenvalue weighted by molar-refractivity contribution is 0.414. The highest BCUT2D eigenvalue weighted by atomic mass is 79.9. The molecule has 1 atom stereocenters. The van der Waals surface area contributed by atoms with Crippen LogP contribution in [0.3, 0.4) is 0 Å². The van der Waals surface area contributed by atoms with Gasteiger partial charge in [0.2, 0.25) is 0 Å². The first-order valence-electron chi connectivity index (χ1n) is 6.77. The SMILES string of the molecule is COc1ccc(C(N)c2cccc3ccccc23)c(Br)c1. The monoisotopic (exact) mass is 341 g/mol. The van der Waals surface area contributed by atoms with Gasteiger partial charge < -0.3 is 10.5 Å².